The summed E-state index contributed by atoms with van der Waals surface area (Å²) in [5.74, 6) is 0. The maximum atomic E-state index is 12.9. The van der Waals surface area contributed by atoms with Crippen LogP contribution in [0.2, 0.25) is 0 Å². The average molecular weight is 260 g/mol. The second kappa shape index (κ2) is 5.61. The van der Waals surface area contributed by atoms with E-state index in [0.717, 1.165) is 0 Å². The Hall–Kier alpha value is -1.23. The molecule has 18 heavy (non-hydrogen) atoms. The topological polar surface area (TPSA) is 29.3 Å². The molecule has 0 heterocycles. The summed E-state index contributed by atoms with van der Waals surface area (Å²) in [6.45, 7) is 6.38. The van der Waals surface area contributed by atoms with Crippen LogP contribution in [0.25, 0.3) is 0 Å². The van der Waals surface area contributed by atoms with E-state index in [0.29, 0.717) is 12.2 Å². The Labute approximate surface area is 106 Å². The highest BCUT2D eigenvalue weighted by Crippen LogP contribution is 2.34. The number of nitrogens with zero attached hydrogens (tertiary/aromatic N) is 1. The van der Waals surface area contributed by atoms with Crippen LogP contribution in [0.4, 0.5) is 18.9 Å². The van der Waals surface area contributed by atoms with Gasteiger partial charge in [-0.3, -0.25) is 0 Å². The van der Waals surface area contributed by atoms with Crippen LogP contribution in [0.1, 0.15) is 31.9 Å². The Morgan fingerprint density at radius 2 is 1.89 bits per heavy atom. The first-order chi connectivity index (χ1) is 8.31. The zero-order chi connectivity index (χ0) is 13.9. The SMILES string of the molecule is CCN(c1ccc(CN)c(C(F)(F)F)c1)C(C)C. The van der Waals surface area contributed by atoms with E-state index < -0.39 is 11.7 Å². The van der Waals surface area contributed by atoms with Crippen LogP contribution in [0.3, 0.4) is 0 Å². The van der Waals surface area contributed by atoms with Crippen molar-refractivity contribution in [2.45, 2.75) is 39.5 Å². The summed E-state index contributed by atoms with van der Waals surface area (Å²) in [4.78, 5) is 1.91. The highest BCUT2D eigenvalue weighted by molar-refractivity contribution is 5.52. The van der Waals surface area contributed by atoms with Gasteiger partial charge in [0.15, 0.2) is 0 Å². The summed E-state index contributed by atoms with van der Waals surface area (Å²) < 4.78 is 38.7. The van der Waals surface area contributed by atoms with Crippen LogP contribution >= 0.6 is 0 Å². The fraction of sp³-hybridized carbons (Fsp3) is 0.538. The second-order valence-electron chi connectivity index (χ2n) is 4.42. The minimum Gasteiger partial charge on any atom is -0.369 e. The van der Waals surface area contributed by atoms with Gasteiger partial charge in [0.2, 0.25) is 0 Å². The molecule has 102 valence electrons. The largest absolute Gasteiger partial charge is 0.416 e. The number of hydrogen-bond donors (Lipinski definition) is 1. The lowest BCUT2D eigenvalue weighted by molar-refractivity contribution is -0.138. The van der Waals surface area contributed by atoms with Crippen LogP contribution in [0, 0.1) is 0 Å². The van der Waals surface area contributed by atoms with E-state index in [2.05, 4.69) is 0 Å². The second-order valence-corrected chi connectivity index (χ2v) is 4.42. The highest BCUT2D eigenvalue weighted by Gasteiger charge is 2.33. The lowest BCUT2D eigenvalue weighted by Crippen LogP contribution is -2.30. The molecule has 5 heteroatoms. The van der Waals surface area contributed by atoms with Gasteiger partial charge in [-0.05, 0) is 38.5 Å². The lowest BCUT2D eigenvalue weighted by Gasteiger charge is -2.28. The van der Waals surface area contributed by atoms with Crippen molar-refractivity contribution in [2.75, 3.05) is 11.4 Å². The zero-order valence-electron chi connectivity index (χ0n) is 10.9. The van der Waals surface area contributed by atoms with E-state index >= 15 is 0 Å². The van der Waals surface area contributed by atoms with Crippen molar-refractivity contribution in [1.82, 2.24) is 0 Å². The molecule has 0 aliphatic heterocycles. The minimum atomic E-state index is -4.36. The highest BCUT2D eigenvalue weighted by atomic mass is 19.4. The molecular weight excluding hydrogens is 241 g/mol. The van der Waals surface area contributed by atoms with Gasteiger partial charge in [-0.25, -0.2) is 0 Å². The third kappa shape index (κ3) is 3.16. The molecule has 0 bridgehead atoms. The third-order valence-corrected chi connectivity index (χ3v) is 2.91. The van der Waals surface area contributed by atoms with Gasteiger partial charge in [0.1, 0.15) is 0 Å². The maximum Gasteiger partial charge on any atom is 0.416 e. The van der Waals surface area contributed by atoms with Gasteiger partial charge in [0.05, 0.1) is 5.56 Å². The normalized spacial score (nSPS) is 12.0. The number of hydrogen-bond acceptors (Lipinski definition) is 2. The molecule has 0 aliphatic carbocycles. The van der Waals surface area contributed by atoms with Crippen molar-refractivity contribution in [3.8, 4) is 0 Å². The molecule has 0 spiro atoms. The van der Waals surface area contributed by atoms with Gasteiger partial charge in [0.25, 0.3) is 0 Å². The van der Waals surface area contributed by atoms with Crippen LogP contribution < -0.4 is 10.6 Å². The van der Waals surface area contributed by atoms with E-state index in [1.54, 1.807) is 6.07 Å². The Balaban J connectivity index is 3.26. The first-order valence-corrected chi connectivity index (χ1v) is 5.98. The molecule has 0 saturated heterocycles. The van der Waals surface area contributed by atoms with Crippen LogP contribution in [-0.4, -0.2) is 12.6 Å². The molecule has 2 nitrogen and oxygen atoms in total. The Morgan fingerprint density at radius 1 is 1.28 bits per heavy atom. The van der Waals surface area contributed by atoms with Crippen LogP contribution in [0.15, 0.2) is 18.2 Å². The van der Waals surface area contributed by atoms with Gasteiger partial charge in [-0.15, -0.1) is 0 Å². The molecule has 0 aliphatic rings. The molecule has 0 radical (unpaired) electrons. The van der Waals surface area contributed by atoms with Crippen molar-refractivity contribution >= 4 is 5.69 Å². The summed E-state index contributed by atoms with van der Waals surface area (Å²) in [5.41, 5.74) is 5.43. The van der Waals surface area contributed by atoms with Crippen LogP contribution in [-0.2, 0) is 12.7 Å². The molecule has 0 atom stereocenters. The number of alkyl halides is 3. The fourth-order valence-electron chi connectivity index (χ4n) is 2.03. The standard InChI is InChI=1S/C13H19F3N2/c1-4-18(9(2)3)11-6-5-10(8-17)12(7-11)13(14,15)16/h5-7,9H,4,8,17H2,1-3H3. The van der Waals surface area contributed by atoms with E-state index in [1.165, 1.54) is 12.1 Å². The molecule has 0 amide bonds. The lowest BCUT2D eigenvalue weighted by atomic mass is 10.0. The van der Waals surface area contributed by atoms with E-state index in [-0.39, 0.29) is 18.2 Å². The molecule has 1 rings (SSSR count). The summed E-state index contributed by atoms with van der Waals surface area (Å²) in [6.07, 6.45) is -4.36. The predicted octanol–water partition coefficient (Wildman–Crippen LogP) is 3.40. The number of nitrogens with two attached hydrogens (primary N) is 1. The molecular formula is C13H19F3N2. The van der Waals surface area contributed by atoms with Crippen molar-refractivity contribution in [3.63, 3.8) is 0 Å². The Bertz CT molecular complexity index is 400. The average Bonchev–Trinajstić information content (AvgIpc) is 2.28. The van der Waals surface area contributed by atoms with Gasteiger partial charge < -0.3 is 10.6 Å². The fourth-order valence-corrected chi connectivity index (χ4v) is 2.03. The van der Waals surface area contributed by atoms with E-state index in [9.17, 15) is 13.2 Å². The molecule has 0 saturated carbocycles. The Morgan fingerprint density at radius 3 is 2.28 bits per heavy atom. The first-order valence-electron chi connectivity index (χ1n) is 5.98. The molecule has 1 aromatic carbocycles. The molecule has 0 aromatic heterocycles. The number of halogens is 3. The van der Waals surface area contributed by atoms with Gasteiger partial charge in [0, 0.05) is 24.8 Å². The molecule has 2 N–H and O–H groups in total. The molecule has 1 aromatic rings. The van der Waals surface area contributed by atoms with Crippen LogP contribution in [0.5, 0.6) is 0 Å². The quantitative estimate of drug-likeness (QED) is 0.899. The number of anilines is 1. The minimum absolute atomic E-state index is 0.108. The van der Waals surface area contributed by atoms with Crippen molar-refractivity contribution in [3.05, 3.63) is 29.3 Å². The zero-order valence-corrected chi connectivity index (χ0v) is 10.9. The smallest absolute Gasteiger partial charge is 0.369 e. The monoisotopic (exact) mass is 260 g/mol. The molecule has 0 unspecified atom stereocenters. The summed E-state index contributed by atoms with van der Waals surface area (Å²) in [6, 6.07) is 4.50. The van der Waals surface area contributed by atoms with E-state index in [1.807, 2.05) is 25.7 Å². The number of rotatable bonds is 4. The first kappa shape index (κ1) is 14.8. The van der Waals surface area contributed by atoms with Crippen molar-refractivity contribution < 1.29 is 13.2 Å². The summed E-state index contributed by atoms with van der Waals surface area (Å²) >= 11 is 0. The maximum absolute atomic E-state index is 12.9. The summed E-state index contributed by atoms with van der Waals surface area (Å²) in [5, 5.41) is 0. The number of benzene rings is 1. The van der Waals surface area contributed by atoms with Crippen molar-refractivity contribution in [2.24, 2.45) is 5.73 Å². The molecule has 0 fully saturated rings. The predicted molar refractivity (Wildman–Crippen MR) is 67.5 cm³/mol. The van der Waals surface area contributed by atoms with Gasteiger partial charge >= 0.3 is 6.18 Å². The van der Waals surface area contributed by atoms with Gasteiger partial charge in [-0.2, -0.15) is 13.2 Å². The third-order valence-electron chi connectivity index (χ3n) is 2.91. The Kier molecular flexibility index (Phi) is 4.62. The summed E-state index contributed by atoms with van der Waals surface area (Å²) in [7, 11) is 0. The van der Waals surface area contributed by atoms with Gasteiger partial charge in [-0.1, -0.05) is 6.07 Å². The van der Waals surface area contributed by atoms with Crippen molar-refractivity contribution in [1.29, 1.82) is 0 Å². The van der Waals surface area contributed by atoms with E-state index in [4.69, 9.17) is 5.73 Å².